The van der Waals surface area contributed by atoms with Crippen LogP contribution in [0, 0.1) is 0 Å². The summed E-state index contributed by atoms with van der Waals surface area (Å²) >= 11 is 0. The second kappa shape index (κ2) is 9.81. The molecule has 2 unspecified atom stereocenters. The molecule has 0 saturated carbocycles. The second-order valence-corrected chi connectivity index (χ2v) is 9.57. The monoisotopic (exact) mass is 531 g/mol. The summed E-state index contributed by atoms with van der Waals surface area (Å²) in [6, 6.07) is 17.0. The highest BCUT2D eigenvalue weighted by molar-refractivity contribution is 5.96. The van der Waals surface area contributed by atoms with Crippen molar-refractivity contribution in [2.45, 2.75) is 31.5 Å². The molecule has 39 heavy (non-hydrogen) atoms. The van der Waals surface area contributed by atoms with E-state index >= 15 is 0 Å². The third-order valence-electron chi connectivity index (χ3n) is 7.64. The van der Waals surface area contributed by atoms with Gasteiger partial charge in [-0.05, 0) is 48.2 Å². The van der Waals surface area contributed by atoms with Crippen LogP contribution in [0.1, 0.15) is 45.8 Å². The van der Waals surface area contributed by atoms with E-state index in [0.29, 0.717) is 35.8 Å². The highest BCUT2D eigenvalue weighted by atomic mass is 16.7. The number of hydrogen-bond acceptors (Lipinski definition) is 9. The lowest BCUT2D eigenvalue weighted by atomic mass is 9.75. The van der Waals surface area contributed by atoms with Gasteiger partial charge in [0.1, 0.15) is 5.56 Å². The van der Waals surface area contributed by atoms with Crippen molar-refractivity contribution in [1.29, 1.82) is 0 Å². The van der Waals surface area contributed by atoms with E-state index in [0.717, 1.165) is 16.7 Å². The summed E-state index contributed by atoms with van der Waals surface area (Å²) in [6.07, 6.45) is 0.226. The second-order valence-electron chi connectivity index (χ2n) is 9.57. The van der Waals surface area contributed by atoms with Crippen LogP contribution in [0.4, 0.5) is 0 Å². The number of hydrogen-bond donors (Lipinski definition) is 0. The van der Waals surface area contributed by atoms with Gasteiger partial charge >= 0.3 is 11.9 Å². The van der Waals surface area contributed by atoms with Crippen molar-refractivity contribution in [2.75, 3.05) is 34.2 Å². The summed E-state index contributed by atoms with van der Waals surface area (Å²) < 4.78 is 34.0. The normalized spacial score (nSPS) is 21.1. The van der Waals surface area contributed by atoms with Crippen molar-refractivity contribution in [3.05, 3.63) is 82.4 Å². The summed E-state index contributed by atoms with van der Waals surface area (Å²) in [5.41, 5.74) is 2.17. The predicted octanol–water partition coefficient (Wildman–Crippen LogP) is 4.16. The van der Waals surface area contributed by atoms with Gasteiger partial charge in [0.25, 0.3) is 0 Å². The molecule has 0 radical (unpaired) electrons. The lowest BCUT2D eigenvalue weighted by Gasteiger charge is -2.42. The van der Waals surface area contributed by atoms with Gasteiger partial charge in [-0.25, -0.2) is 14.5 Å². The van der Waals surface area contributed by atoms with Crippen LogP contribution < -0.4 is 18.9 Å². The van der Waals surface area contributed by atoms with Gasteiger partial charge in [0.15, 0.2) is 34.8 Å². The summed E-state index contributed by atoms with van der Waals surface area (Å²) in [5.74, 6) is 0.913. The fraction of sp³-hybridized carbons (Fsp3) is 0.333. The van der Waals surface area contributed by atoms with E-state index in [4.69, 9.17) is 28.4 Å². The van der Waals surface area contributed by atoms with Crippen molar-refractivity contribution in [1.82, 2.24) is 4.90 Å². The van der Waals surface area contributed by atoms with Crippen molar-refractivity contribution in [2.24, 2.45) is 0 Å². The first-order chi connectivity index (χ1) is 19.0. The maximum absolute atomic E-state index is 14.2. The highest BCUT2D eigenvalue weighted by Gasteiger charge is 2.59. The Bertz CT molecular complexity index is 1440. The Morgan fingerprint density at radius 2 is 1.82 bits per heavy atom. The van der Waals surface area contributed by atoms with Gasteiger partial charge in [0.05, 0.1) is 20.8 Å². The quantitative estimate of drug-likeness (QED) is 0.417. The molecule has 6 rings (SSSR count). The Morgan fingerprint density at radius 3 is 2.54 bits per heavy atom. The fourth-order valence-electron chi connectivity index (χ4n) is 5.92. The van der Waals surface area contributed by atoms with Crippen molar-refractivity contribution < 1.29 is 38.0 Å². The topological polar surface area (TPSA) is 92.8 Å². The van der Waals surface area contributed by atoms with E-state index in [1.165, 1.54) is 14.2 Å². The lowest BCUT2D eigenvalue weighted by molar-refractivity contribution is -0.146. The van der Waals surface area contributed by atoms with Crippen LogP contribution in [-0.2, 0) is 32.6 Å². The number of methoxy groups -OCH3 is 2. The predicted molar refractivity (Wildman–Crippen MR) is 139 cm³/mol. The van der Waals surface area contributed by atoms with E-state index < -0.39 is 23.7 Å². The lowest BCUT2D eigenvalue weighted by Crippen LogP contribution is -2.52. The summed E-state index contributed by atoms with van der Waals surface area (Å²) in [4.78, 5) is 29.5. The Kier molecular flexibility index (Phi) is 6.31. The van der Waals surface area contributed by atoms with Gasteiger partial charge in [-0.15, -0.1) is 0 Å². The average Bonchev–Trinajstić information content (AvgIpc) is 3.54. The van der Waals surface area contributed by atoms with E-state index in [-0.39, 0.29) is 31.1 Å². The van der Waals surface area contributed by atoms with Crippen LogP contribution in [0.5, 0.6) is 23.0 Å². The molecule has 3 heterocycles. The number of benzene rings is 3. The molecular formula is C30H29NO8. The van der Waals surface area contributed by atoms with E-state index in [9.17, 15) is 9.59 Å². The molecule has 3 aromatic rings. The number of ether oxygens (including phenoxy) is 6. The molecule has 2 atom stereocenters. The minimum Gasteiger partial charge on any atom is -0.493 e. The molecule has 0 aromatic heterocycles. The molecule has 0 amide bonds. The molecule has 1 saturated heterocycles. The average molecular weight is 532 g/mol. The highest BCUT2D eigenvalue weighted by Crippen LogP contribution is 2.53. The van der Waals surface area contributed by atoms with E-state index in [1.807, 2.05) is 42.5 Å². The minimum absolute atomic E-state index is 0.120. The molecule has 0 bridgehead atoms. The van der Waals surface area contributed by atoms with Crippen LogP contribution in [0.3, 0.4) is 0 Å². The molecule has 1 fully saturated rings. The minimum atomic E-state index is -1.24. The molecule has 9 heteroatoms. The Hall–Kier alpha value is -4.24. The summed E-state index contributed by atoms with van der Waals surface area (Å²) in [5, 5.41) is 0. The first kappa shape index (κ1) is 25.1. The van der Waals surface area contributed by atoms with Gasteiger partial charge in [0, 0.05) is 18.5 Å². The molecular weight excluding hydrogens is 502 g/mol. The van der Waals surface area contributed by atoms with Gasteiger partial charge < -0.3 is 28.4 Å². The zero-order valence-electron chi connectivity index (χ0n) is 22.0. The van der Waals surface area contributed by atoms with Gasteiger partial charge in [-0.2, -0.15) is 0 Å². The van der Waals surface area contributed by atoms with Crippen molar-refractivity contribution in [3.63, 3.8) is 0 Å². The number of cyclic esters (lactones) is 1. The number of fused-ring (bicyclic) bond motifs is 4. The smallest absolute Gasteiger partial charge is 0.342 e. The van der Waals surface area contributed by atoms with Crippen molar-refractivity contribution in [3.8, 4) is 23.0 Å². The number of esters is 2. The maximum Gasteiger partial charge on any atom is 0.342 e. The Morgan fingerprint density at radius 1 is 1.05 bits per heavy atom. The molecule has 3 aromatic carbocycles. The summed E-state index contributed by atoms with van der Waals surface area (Å²) in [7, 11) is 2.98. The van der Waals surface area contributed by atoms with Crippen LogP contribution in [0.25, 0.3) is 0 Å². The molecule has 3 aliphatic heterocycles. The third-order valence-corrected chi connectivity index (χ3v) is 7.64. The molecule has 0 spiro atoms. The van der Waals surface area contributed by atoms with Crippen LogP contribution in [-0.4, -0.2) is 51.0 Å². The number of nitrogens with zero attached hydrogens (tertiary/aromatic N) is 1. The van der Waals surface area contributed by atoms with Gasteiger partial charge in [-0.3, -0.25) is 0 Å². The molecule has 202 valence electrons. The zero-order chi connectivity index (χ0) is 27.1. The standard InChI is InChI=1S/C30H29NO8/c1-4-36-28(32)25-20(10-11-22(34-2)26(25)35-3)16-30-21-15-24-23(37-17-38-24)14-19(21)12-13-31(30)27(39-29(30)33)18-8-6-5-7-9-18/h5-11,14-15,27H,4,12-13,16-17H2,1-3H3. The maximum atomic E-state index is 14.2. The SMILES string of the molecule is CCOC(=O)c1c(CC23C(=O)OC(c4ccccc4)N2CCc2cc4c(cc23)OCO4)ccc(OC)c1OC. The number of carbonyl (C=O) groups excluding carboxylic acids is 2. The molecule has 0 aliphatic carbocycles. The van der Waals surface area contributed by atoms with E-state index in [1.54, 1.807) is 19.1 Å². The number of rotatable bonds is 7. The Balaban J connectivity index is 1.56. The first-order valence-corrected chi connectivity index (χ1v) is 12.9. The van der Waals surface area contributed by atoms with E-state index in [2.05, 4.69) is 4.90 Å². The van der Waals surface area contributed by atoms with Crippen LogP contribution in [0.2, 0.25) is 0 Å². The third kappa shape index (κ3) is 3.87. The van der Waals surface area contributed by atoms with Gasteiger partial charge in [-0.1, -0.05) is 36.4 Å². The first-order valence-electron chi connectivity index (χ1n) is 12.9. The number of carbonyl (C=O) groups is 2. The fourth-order valence-corrected chi connectivity index (χ4v) is 5.92. The summed E-state index contributed by atoms with van der Waals surface area (Å²) in [6.45, 7) is 2.60. The van der Waals surface area contributed by atoms with Crippen LogP contribution in [0.15, 0.2) is 54.6 Å². The van der Waals surface area contributed by atoms with Crippen LogP contribution >= 0.6 is 0 Å². The zero-order valence-corrected chi connectivity index (χ0v) is 22.0. The molecule has 0 N–H and O–H groups in total. The molecule has 3 aliphatic rings. The Labute approximate surface area is 226 Å². The van der Waals surface area contributed by atoms with Gasteiger partial charge in [0.2, 0.25) is 6.79 Å². The molecule has 9 nitrogen and oxygen atoms in total. The van der Waals surface area contributed by atoms with Crippen molar-refractivity contribution >= 4 is 11.9 Å². The largest absolute Gasteiger partial charge is 0.493 e.